The number of hydrogen-bond acceptors (Lipinski definition) is 3. The Labute approximate surface area is 78.2 Å². The van der Waals surface area contributed by atoms with Gasteiger partial charge in [-0.05, 0) is 25.7 Å². The average molecular weight is 190 g/mol. The summed E-state index contributed by atoms with van der Waals surface area (Å²) in [6.45, 7) is 5.16. The van der Waals surface area contributed by atoms with Gasteiger partial charge < -0.3 is 15.3 Å². The third kappa shape index (κ3) is 3.32. The quantitative estimate of drug-likeness (QED) is 0.594. The first kappa shape index (κ1) is 12.4. The lowest BCUT2D eigenvalue weighted by molar-refractivity contribution is -0.171. The molecule has 3 N–H and O–H groups in total. The van der Waals surface area contributed by atoms with Crippen molar-refractivity contribution in [2.45, 2.75) is 45.3 Å². The Hall–Kier alpha value is -0.610. The fourth-order valence-electron chi connectivity index (χ4n) is 1.00. The topological polar surface area (TPSA) is 77.8 Å². The predicted octanol–water partition coefficient (Wildman–Crippen LogP) is 0.619. The Morgan fingerprint density at radius 3 is 2.08 bits per heavy atom. The highest BCUT2D eigenvalue weighted by molar-refractivity contribution is 5.77. The Balaban J connectivity index is 4.34. The largest absolute Gasteiger partial charge is 0.479 e. The van der Waals surface area contributed by atoms with Crippen LogP contribution in [0.25, 0.3) is 0 Å². The fraction of sp³-hybridized carbons (Fsp3) is 0.889. The van der Waals surface area contributed by atoms with Crippen molar-refractivity contribution in [1.29, 1.82) is 0 Å². The maximum Gasteiger partial charge on any atom is 0.338 e. The van der Waals surface area contributed by atoms with E-state index in [1.807, 2.05) is 13.8 Å². The van der Waals surface area contributed by atoms with Gasteiger partial charge in [-0.15, -0.1) is 0 Å². The van der Waals surface area contributed by atoms with Gasteiger partial charge in [0.2, 0.25) is 0 Å². The van der Waals surface area contributed by atoms with Gasteiger partial charge in [0.25, 0.3) is 0 Å². The van der Waals surface area contributed by atoms with Crippen LogP contribution >= 0.6 is 0 Å². The number of hydrogen-bond donors (Lipinski definition) is 3. The molecule has 0 aliphatic rings. The number of aliphatic hydroxyl groups is 2. The first-order valence-corrected chi connectivity index (χ1v) is 4.44. The maximum absolute atomic E-state index is 10.7. The van der Waals surface area contributed by atoms with Crippen LogP contribution in [0.1, 0.15) is 33.6 Å². The van der Waals surface area contributed by atoms with Gasteiger partial charge in [-0.25, -0.2) is 4.79 Å². The van der Waals surface area contributed by atoms with Crippen LogP contribution < -0.4 is 0 Å². The highest BCUT2D eigenvalue weighted by Crippen LogP contribution is 2.20. The van der Waals surface area contributed by atoms with Crippen molar-refractivity contribution in [3.05, 3.63) is 0 Å². The van der Waals surface area contributed by atoms with E-state index in [4.69, 9.17) is 10.2 Å². The first-order valence-electron chi connectivity index (χ1n) is 4.44. The Morgan fingerprint density at radius 2 is 1.85 bits per heavy atom. The van der Waals surface area contributed by atoms with E-state index >= 15 is 0 Å². The lowest BCUT2D eigenvalue weighted by Crippen LogP contribution is -2.48. The van der Waals surface area contributed by atoms with Crippen LogP contribution in [0.3, 0.4) is 0 Å². The molecule has 0 fully saturated rings. The molecule has 0 aliphatic carbocycles. The molecule has 78 valence electrons. The second-order valence-corrected chi connectivity index (χ2v) is 3.84. The van der Waals surface area contributed by atoms with Crippen molar-refractivity contribution in [2.75, 3.05) is 0 Å². The molecule has 13 heavy (non-hydrogen) atoms. The zero-order valence-corrected chi connectivity index (χ0v) is 8.32. The molecule has 0 saturated carbocycles. The van der Waals surface area contributed by atoms with Crippen molar-refractivity contribution >= 4 is 5.97 Å². The summed E-state index contributed by atoms with van der Waals surface area (Å²) in [5.74, 6) is -1.05. The molecule has 0 aromatic rings. The minimum Gasteiger partial charge on any atom is -0.479 e. The summed E-state index contributed by atoms with van der Waals surface area (Å²) in [4.78, 5) is 10.7. The smallest absolute Gasteiger partial charge is 0.338 e. The van der Waals surface area contributed by atoms with Gasteiger partial charge in [0.15, 0.2) is 5.60 Å². The third-order valence-electron chi connectivity index (χ3n) is 2.16. The zero-order chi connectivity index (χ0) is 10.6. The molecule has 0 aliphatic heterocycles. The van der Waals surface area contributed by atoms with Gasteiger partial charge in [-0.3, -0.25) is 0 Å². The van der Waals surface area contributed by atoms with E-state index in [1.54, 1.807) is 0 Å². The molecule has 4 heteroatoms. The van der Waals surface area contributed by atoms with Crippen LogP contribution in [0, 0.1) is 5.92 Å². The second kappa shape index (κ2) is 4.58. The van der Waals surface area contributed by atoms with Crippen molar-refractivity contribution in [1.82, 2.24) is 0 Å². The van der Waals surface area contributed by atoms with Crippen LogP contribution in [-0.2, 0) is 4.79 Å². The van der Waals surface area contributed by atoms with Crippen LogP contribution in [-0.4, -0.2) is 33.0 Å². The molecule has 0 amide bonds. The van der Waals surface area contributed by atoms with Gasteiger partial charge in [-0.1, -0.05) is 13.8 Å². The SMILES string of the molecule is CC(C)CCC(O)(C(=O)O)C(C)O. The molecule has 0 heterocycles. The van der Waals surface area contributed by atoms with Gasteiger partial charge in [0.05, 0.1) is 6.10 Å². The number of rotatable bonds is 5. The number of aliphatic carboxylic acids is 1. The van der Waals surface area contributed by atoms with Gasteiger partial charge in [-0.2, -0.15) is 0 Å². The first-order chi connectivity index (χ1) is 5.80. The lowest BCUT2D eigenvalue weighted by atomic mass is 9.89. The van der Waals surface area contributed by atoms with Gasteiger partial charge >= 0.3 is 5.97 Å². The summed E-state index contributed by atoms with van der Waals surface area (Å²) in [5, 5.41) is 27.4. The Bertz CT molecular complexity index is 176. The molecule has 0 radical (unpaired) electrons. The molecule has 2 unspecified atom stereocenters. The highest BCUT2D eigenvalue weighted by atomic mass is 16.4. The van der Waals surface area contributed by atoms with E-state index in [9.17, 15) is 9.90 Å². The molecule has 0 rings (SSSR count). The zero-order valence-electron chi connectivity index (χ0n) is 8.32. The minimum atomic E-state index is -2.00. The van der Waals surface area contributed by atoms with E-state index in [1.165, 1.54) is 6.92 Å². The Kier molecular flexibility index (Phi) is 4.36. The van der Waals surface area contributed by atoms with E-state index in [0.29, 0.717) is 12.3 Å². The molecule has 0 spiro atoms. The maximum atomic E-state index is 10.7. The van der Waals surface area contributed by atoms with E-state index in [2.05, 4.69) is 0 Å². The van der Waals surface area contributed by atoms with Crippen molar-refractivity contribution in [2.24, 2.45) is 5.92 Å². The summed E-state index contributed by atoms with van der Waals surface area (Å²) >= 11 is 0. The van der Waals surface area contributed by atoms with E-state index in [0.717, 1.165) is 0 Å². The number of carboxylic acid groups (broad SMARTS) is 1. The normalized spacial score (nSPS) is 18.3. The lowest BCUT2D eigenvalue weighted by Gasteiger charge is -2.26. The standard InChI is InChI=1S/C9H18O4/c1-6(2)4-5-9(13,7(3)10)8(11)12/h6-7,10,13H,4-5H2,1-3H3,(H,11,12). The van der Waals surface area contributed by atoms with Crippen molar-refractivity contribution in [3.63, 3.8) is 0 Å². The summed E-state index contributed by atoms with van der Waals surface area (Å²) in [6, 6.07) is 0. The second-order valence-electron chi connectivity index (χ2n) is 3.84. The average Bonchev–Trinajstić information content (AvgIpc) is 1.99. The van der Waals surface area contributed by atoms with Gasteiger partial charge in [0.1, 0.15) is 0 Å². The van der Waals surface area contributed by atoms with Crippen molar-refractivity contribution < 1.29 is 20.1 Å². The van der Waals surface area contributed by atoms with Crippen LogP contribution in [0.4, 0.5) is 0 Å². The van der Waals surface area contributed by atoms with Gasteiger partial charge in [0, 0.05) is 0 Å². The van der Waals surface area contributed by atoms with Crippen LogP contribution in [0.15, 0.2) is 0 Å². The predicted molar refractivity (Wildman–Crippen MR) is 48.3 cm³/mol. The molecule has 0 saturated heterocycles. The minimum absolute atomic E-state index is 0.0810. The summed E-state index contributed by atoms with van der Waals surface area (Å²) in [6.07, 6.45) is -0.588. The number of aliphatic hydroxyl groups excluding tert-OH is 1. The summed E-state index contributed by atoms with van der Waals surface area (Å²) in [5.41, 5.74) is -2.00. The fourth-order valence-corrected chi connectivity index (χ4v) is 1.00. The monoisotopic (exact) mass is 190 g/mol. The summed E-state index contributed by atoms with van der Waals surface area (Å²) in [7, 11) is 0. The molecule has 4 nitrogen and oxygen atoms in total. The molecule has 0 aromatic carbocycles. The molecular formula is C9H18O4. The third-order valence-corrected chi connectivity index (χ3v) is 2.16. The van der Waals surface area contributed by atoms with Crippen LogP contribution in [0.2, 0.25) is 0 Å². The highest BCUT2D eigenvalue weighted by Gasteiger charge is 2.40. The Morgan fingerprint density at radius 1 is 1.38 bits per heavy atom. The molecule has 0 aromatic heterocycles. The molecular weight excluding hydrogens is 172 g/mol. The van der Waals surface area contributed by atoms with Crippen LogP contribution in [0.5, 0.6) is 0 Å². The van der Waals surface area contributed by atoms with Crippen molar-refractivity contribution in [3.8, 4) is 0 Å². The molecule has 0 bridgehead atoms. The van der Waals surface area contributed by atoms with E-state index < -0.39 is 17.7 Å². The summed E-state index contributed by atoms with van der Waals surface area (Å²) < 4.78 is 0. The number of carbonyl (C=O) groups is 1. The van der Waals surface area contributed by atoms with E-state index in [-0.39, 0.29) is 6.42 Å². The molecule has 2 atom stereocenters. The number of carboxylic acids is 1.